The maximum atomic E-state index is 13.1. The fraction of sp³-hybridized carbons (Fsp3) is 0.450. The van der Waals surface area contributed by atoms with Crippen LogP contribution in [0.2, 0.25) is 0 Å². The van der Waals surface area contributed by atoms with Gasteiger partial charge in [-0.15, -0.1) is 0 Å². The van der Waals surface area contributed by atoms with E-state index >= 15 is 0 Å². The second-order valence-corrected chi connectivity index (χ2v) is 7.69. The molecule has 0 radical (unpaired) electrons. The van der Waals surface area contributed by atoms with Gasteiger partial charge in [-0.3, -0.25) is 9.69 Å². The van der Waals surface area contributed by atoms with Crippen molar-refractivity contribution in [2.75, 3.05) is 11.1 Å². The molecule has 1 aliphatic carbocycles. The molecule has 2 fully saturated rings. The predicted molar refractivity (Wildman–Crippen MR) is 108 cm³/mol. The van der Waals surface area contributed by atoms with Crippen molar-refractivity contribution in [2.24, 2.45) is 0 Å². The Balaban J connectivity index is 1.55. The average molecular weight is 395 g/mol. The number of aromatic nitrogens is 3. The Morgan fingerprint density at radius 2 is 1.83 bits per heavy atom. The van der Waals surface area contributed by atoms with Crippen molar-refractivity contribution < 1.29 is 9.59 Å². The summed E-state index contributed by atoms with van der Waals surface area (Å²) in [7, 11) is 0. The summed E-state index contributed by atoms with van der Waals surface area (Å²) >= 11 is 0. The van der Waals surface area contributed by atoms with Gasteiger partial charge in [0.25, 0.3) is 5.91 Å². The highest BCUT2D eigenvalue weighted by Crippen LogP contribution is 2.33. The number of hydrogen-bond donors (Lipinski definition) is 3. The van der Waals surface area contributed by atoms with Crippen LogP contribution in [0.5, 0.6) is 0 Å². The van der Waals surface area contributed by atoms with Gasteiger partial charge < -0.3 is 16.4 Å². The Labute approximate surface area is 169 Å². The van der Waals surface area contributed by atoms with Crippen molar-refractivity contribution in [3.63, 3.8) is 0 Å². The number of imide groups is 1. The van der Waals surface area contributed by atoms with Crippen LogP contribution in [0.4, 0.5) is 22.4 Å². The second-order valence-electron chi connectivity index (χ2n) is 7.69. The van der Waals surface area contributed by atoms with E-state index < -0.39 is 11.6 Å². The predicted octanol–water partition coefficient (Wildman–Crippen LogP) is 2.65. The minimum atomic E-state index is -0.783. The van der Waals surface area contributed by atoms with Crippen molar-refractivity contribution in [3.8, 4) is 0 Å². The number of hydrogen-bond acceptors (Lipinski definition) is 7. The van der Waals surface area contributed by atoms with E-state index in [0.717, 1.165) is 36.9 Å². The molecule has 2 aromatic rings. The summed E-state index contributed by atoms with van der Waals surface area (Å²) in [6.45, 7) is 1.93. The Bertz CT molecular complexity index is 938. The molecule has 152 valence electrons. The lowest BCUT2D eigenvalue weighted by atomic mass is 9.90. The van der Waals surface area contributed by atoms with Crippen LogP contribution in [-0.4, -0.2) is 37.3 Å². The molecule has 9 nitrogen and oxygen atoms in total. The molecular formula is C20H25N7O2. The number of nitrogen functional groups attached to an aromatic ring is 1. The molecule has 0 atom stereocenters. The Kier molecular flexibility index (Phi) is 5.04. The third-order valence-corrected chi connectivity index (χ3v) is 5.59. The van der Waals surface area contributed by atoms with E-state index in [2.05, 4.69) is 25.6 Å². The number of nitrogens with two attached hydrogens (primary N) is 1. The summed E-state index contributed by atoms with van der Waals surface area (Å²) in [4.78, 5) is 39.4. The molecule has 2 heterocycles. The van der Waals surface area contributed by atoms with Crippen molar-refractivity contribution >= 4 is 29.5 Å². The van der Waals surface area contributed by atoms with Crippen molar-refractivity contribution in [1.29, 1.82) is 0 Å². The number of nitrogens with one attached hydrogen (secondary N) is 2. The zero-order chi connectivity index (χ0) is 20.4. The maximum absolute atomic E-state index is 13.1. The lowest BCUT2D eigenvalue weighted by Gasteiger charge is -2.24. The molecule has 1 aromatic carbocycles. The third-order valence-electron chi connectivity index (χ3n) is 5.59. The lowest BCUT2D eigenvalue weighted by molar-refractivity contribution is -0.132. The first-order valence-electron chi connectivity index (χ1n) is 9.94. The fourth-order valence-corrected chi connectivity index (χ4v) is 4.03. The van der Waals surface area contributed by atoms with Gasteiger partial charge in [-0.2, -0.15) is 15.0 Å². The van der Waals surface area contributed by atoms with E-state index in [9.17, 15) is 9.59 Å². The van der Waals surface area contributed by atoms with E-state index in [1.807, 2.05) is 31.2 Å². The van der Waals surface area contributed by atoms with Crippen molar-refractivity contribution in [2.45, 2.75) is 57.5 Å². The third kappa shape index (κ3) is 3.85. The molecule has 1 saturated heterocycles. The zero-order valence-corrected chi connectivity index (χ0v) is 16.4. The summed E-state index contributed by atoms with van der Waals surface area (Å²) in [6, 6.07) is 7.31. The molecule has 1 aliphatic heterocycles. The highest BCUT2D eigenvalue weighted by atomic mass is 16.2. The monoisotopic (exact) mass is 395 g/mol. The minimum absolute atomic E-state index is 0.0299. The number of carbonyl (C=O) groups excluding carboxylic acids is 2. The van der Waals surface area contributed by atoms with Crippen LogP contribution in [0.15, 0.2) is 24.3 Å². The van der Waals surface area contributed by atoms with Gasteiger partial charge in [0, 0.05) is 5.69 Å². The quantitative estimate of drug-likeness (QED) is 0.679. The minimum Gasteiger partial charge on any atom is -0.368 e. The molecule has 2 aliphatic rings. The van der Waals surface area contributed by atoms with Crippen LogP contribution in [0.3, 0.4) is 0 Å². The van der Waals surface area contributed by atoms with Gasteiger partial charge in [0.05, 0.1) is 6.54 Å². The van der Waals surface area contributed by atoms with E-state index in [0.29, 0.717) is 12.8 Å². The van der Waals surface area contributed by atoms with Gasteiger partial charge >= 0.3 is 6.03 Å². The molecular weight excluding hydrogens is 370 g/mol. The molecule has 3 amide bonds. The standard InChI is InChI=1S/C20H25N7O2/c1-13-8-4-5-9-14(13)22-18-24-15(23-17(21)25-18)12-27-16(28)20(26-19(27)29)10-6-2-3-7-11-20/h4-5,8-9H,2-3,6-7,10-12H2,1H3,(H,26,29)(H3,21,22,23,24,25). The number of benzene rings is 1. The average Bonchev–Trinajstić information content (AvgIpc) is 2.84. The molecule has 1 aromatic heterocycles. The maximum Gasteiger partial charge on any atom is 0.325 e. The molecule has 0 bridgehead atoms. The van der Waals surface area contributed by atoms with E-state index in [1.165, 1.54) is 4.90 Å². The summed E-state index contributed by atoms with van der Waals surface area (Å²) < 4.78 is 0. The number of para-hydroxylation sites is 1. The van der Waals surface area contributed by atoms with Gasteiger partial charge in [0.2, 0.25) is 11.9 Å². The highest BCUT2D eigenvalue weighted by molar-refractivity contribution is 6.06. The van der Waals surface area contributed by atoms with Crippen molar-refractivity contribution in [1.82, 2.24) is 25.2 Å². The molecule has 1 saturated carbocycles. The molecule has 0 unspecified atom stereocenters. The van der Waals surface area contributed by atoms with Gasteiger partial charge in [0.1, 0.15) is 5.54 Å². The Hall–Kier alpha value is -3.23. The van der Waals surface area contributed by atoms with Crippen LogP contribution in [-0.2, 0) is 11.3 Å². The molecule has 1 spiro atoms. The van der Waals surface area contributed by atoms with Crippen molar-refractivity contribution in [3.05, 3.63) is 35.7 Å². The van der Waals surface area contributed by atoms with Crippen LogP contribution in [0.25, 0.3) is 0 Å². The van der Waals surface area contributed by atoms with Gasteiger partial charge in [-0.05, 0) is 31.4 Å². The lowest BCUT2D eigenvalue weighted by Crippen LogP contribution is -2.46. The molecule has 4 rings (SSSR count). The summed E-state index contributed by atoms with van der Waals surface area (Å²) in [5.74, 6) is 0.375. The SMILES string of the molecule is Cc1ccccc1Nc1nc(N)nc(CN2C(=O)NC3(CCCCCC3)C2=O)n1. The normalized spacial score (nSPS) is 18.6. The largest absolute Gasteiger partial charge is 0.368 e. The second kappa shape index (κ2) is 7.65. The zero-order valence-electron chi connectivity index (χ0n) is 16.4. The van der Waals surface area contributed by atoms with Gasteiger partial charge in [-0.25, -0.2) is 4.79 Å². The molecule has 29 heavy (non-hydrogen) atoms. The highest BCUT2D eigenvalue weighted by Gasteiger charge is 2.50. The Morgan fingerprint density at radius 3 is 2.55 bits per heavy atom. The first-order valence-corrected chi connectivity index (χ1v) is 9.94. The smallest absolute Gasteiger partial charge is 0.325 e. The number of urea groups is 1. The topological polar surface area (TPSA) is 126 Å². The number of carbonyl (C=O) groups is 2. The van der Waals surface area contributed by atoms with Crippen LogP contribution < -0.4 is 16.4 Å². The van der Waals surface area contributed by atoms with E-state index in [1.54, 1.807) is 0 Å². The number of rotatable bonds is 4. The number of nitrogens with zero attached hydrogens (tertiary/aromatic N) is 4. The first-order chi connectivity index (χ1) is 14.0. The number of amides is 3. The van der Waals surface area contributed by atoms with Crippen LogP contribution >= 0.6 is 0 Å². The van der Waals surface area contributed by atoms with E-state index in [4.69, 9.17) is 5.73 Å². The summed E-state index contributed by atoms with van der Waals surface area (Å²) in [5.41, 5.74) is 6.93. The summed E-state index contributed by atoms with van der Waals surface area (Å²) in [5, 5.41) is 6.04. The molecule has 9 heteroatoms. The van der Waals surface area contributed by atoms with Gasteiger partial charge in [-0.1, -0.05) is 43.9 Å². The Morgan fingerprint density at radius 1 is 1.10 bits per heavy atom. The van der Waals surface area contributed by atoms with Crippen LogP contribution in [0.1, 0.15) is 49.9 Å². The number of aryl methyl sites for hydroxylation is 1. The van der Waals surface area contributed by atoms with Gasteiger partial charge in [0.15, 0.2) is 5.82 Å². The summed E-state index contributed by atoms with van der Waals surface area (Å²) in [6.07, 6.45) is 5.39. The van der Waals surface area contributed by atoms with E-state index in [-0.39, 0.29) is 30.2 Å². The first kappa shape index (κ1) is 19.1. The number of anilines is 3. The fourth-order valence-electron chi connectivity index (χ4n) is 4.03. The van der Waals surface area contributed by atoms with Crippen LogP contribution in [0, 0.1) is 6.92 Å². The molecule has 4 N–H and O–H groups in total.